The summed E-state index contributed by atoms with van der Waals surface area (Å²) in [5, 5.41) is 11.4. The van der Waals surface area contributed by atoms with Crippen LogP contribution in [0.3, 0.4) is 0 Å². The number of halogens is 1. The monoisotopic (exact) mass is 230 g/mol. The first kappa shape index (κ1) is 8.99. The molecule has 0 aliphatic rings. The van der Waals surface area contributed by atoms with E-state index in [-0.39, 0.29) is 5.56 Å². The second-order valence-electron chi connectivity index (χ2n) is 2.12. The Hall–Kier alpha value is -1.10. The lowest BCUT2D eigenvalue weighted by molar-refractivity contribution is 0.0696. The molecule has 0 aromatic carbocycles. The van der Waals surface area contributed by atoms with Gasteiger partial charge < -0.3 is 10.4 Å². The van der Waals surface area contributed by atoms with Crippen LogP contribution in [0.2, 0.25) is 0 Å². The summed E-state index contributed by atoms with van der Waals surface area (Å²) in [6, 6.07) is 2.91. The minimum absolute atomic E-state index is 0.209. The average Bonchev–Trinajstić information content (AvgIpc) is 2.03. The summed E-state index contributed by atoms with van der Waals surface area (Å²) < 4.78 is 0.506. The Balaban J connectivity index is 3.15. The van der Waals surface area contributed by atoms with Crippen molar-refractivity contribution in [1.82, 2.24) is 4.98 Å². The summed E-state index contributed by atoms with van der Waals surface area (Å²) in [6.45, 7) is 0. The molecule has 0 aliphatic carbocycles. The predicted molar refractivity (Wildman–Crippen MR) is 48.4 cm³/mol. The number of anilines is 1. The molecule has 1 aromatic rings. The second kappa shape index (κ2) is 3.53. The zero-order valence-corrected chi connectivity index (χ0v) is 7.92. The van der Waals surface area contributed by atoms with Crippen LogP contribution in [0.15, 0.2) is 16.7 Å². The predicted octanol–water partition coefficient (Wildman–Crippen LogP) is 1.58. The van der Waals surface area contributed by atoms with Gasteiger partial charge in [0.05, 0.1) is 5.56 Å². The third-order valence-corrected chi connectivity index (χ3v) is 1.70. The Morgan fingerprint density at radius 1 is 1.67 bits per heavy atom. The van der Waals surface area contributed by atoms with Crippen LogP contribution in [-0.4, -0.2) is 23.1 Å². The topological polar surface area (TPSA) is 62.2 Å². The first-order valence-electron chi connectivity index (χ1n) is 3.22. The van der Waals surface area contributed by atoms with Crippen LogP contribution in [0, 0.1) is 0 Å². The van der Waals surface area contributed by atoms with Crippen LogP contribution in [0.25, 0.3) is 0 Å². The van der Waals surface area contributed by atoms with Gasteiger partial charge in [0.2, 0.25) is 0 Å². The highest BCUT2D eigenvalue weighted by Crippen LogP contribution is 2.14. The summed E-state index contributed by atoms with van der Waals surface area (Å²) in [5.74, 6) is -0.434. The van der Waals surface area contributed by atoms with Crippen molar-refractivity contribution in [3.05, 3.63) is 22.3 Å². The lowest BCUT2D eigenvalue weighted by Gasteiger charge is -2.01. The van der Waals surface area contributed by atoms with E-state index >= 15 is 0 Å². The van der Waals surface area contributed by atoms with Gasteiger partial charge in [-0.1, -0.05) is 0 Å². The van der Waals surface area contributed by atoms with Gasteiger partial charge in [-0.15, -0.1) is 0 Å². The fourth-order valence-electron chi connectivity index (χ4n) is 0.748. The normalized spacial score (nSPS) is 9.50. The molecule has 0 radical (unpaired) electrons. The molecule has 0 fully saturated rings. The van der Waals surface area contributed by atoms with E-state index in [4.69, 9.17) is 5.11 Å². The van der Waals surface area contributed by atoms with E-state index in [2.05, 4.69) is 26.2 Å². The second-order valence-corrected chi connectivity index (χ2v) is 2.93. The molecular formula is C7H7BrN2O2. The average molecular weight is 231 g/mol. The van der Waals surface area contributed by atoms with Crippen molar-refractivity contribution in [2.24, 2.45) is 0 Å². The molecule has 4 nitrogen and oxygen atoms in total. The van der Waals surface area contributed by atoms with Crippen molar-refractivity contribution in [3.8, 4) is 0 Å². The third kappa shape index (κ3) is 1.94. The molecule has 0 saturated carbocycles. The van der Waals surface area contributed by atoms with Crippen LogP contribution in [0.1, 0.15) is 10.4 Å². The number of rotatable bonds is 2. The zero-order chi connectivity index (χ0) is 9.14. The van der Waals surface area contributed by atoms with Gasteiger partial charge in [0.25, 0.3) is 0 Å². The van der Waals surface area contributed by atoms with Gasteiger partial charge in [0.15, 0.2) is 0 Å². The van der Waals surface area contributed by atoms with Crippen LogP contribution in [-0.2, 0) is 0 Å². The lowest BCUT2D eigenvalue weighted by Crippen LogP contribution is -2.00. The smallest absolute Gasteiger partial charge is 0.335 e. The molecular weight excluding hydrogens is 224 g/mol. The summed E-state index contributed by atoms with van der Waals surface area (Å²) in [5.41, 5.74) is 0.209. The van der Waals surface area contributed by atoms with Gasteiger partial charge in [-0.3, -0.25) is 0 Å². The Morgan fingerprint density at radius 3 is 2.83 bits per heavy atom. The minimum Gasteiger partial charge on any atom is -0.478 e. The number of nitrogens with zero attached hydrogens (tertiary/aromatic N) is 1. The lowest BCUT2D eigenvalue weighted by atomic mass is 10.3. The van der Waals surface area contributed by atoms with E-state index in [1.165, 1.54) is 12.1 Å². The van der Waals surface area contributed by atoms with E-state index in [1.807, 2.05) is 0 Å². The highest BCUT2D eigenvalue weighted by molar-refractivity contribution is 9.10. The van der Waals surface area contributed by atoms with E-state index in [0.717, 1.165) is 0 Å². The minimum atomic E-state index is -0.963. The number of aromatic nitrogens is 1. The van der Waals surface area contributed by atoms with Crippen molar-refractivity contribution >= 4 is 27.7 Å². The molecule has 2 N–H and O–H groups in total. The van der Waals surface area contributed by atoms with E-state index in [0.29, 0.717) is 10.4 Å². The van der Waals surface area contributed by atoms with Gasteiger partial charge in [0.1, 0.15) is 10.4 Å². The summed E-state index contributed by atoms with van der Waals surface area (Å²) in [6.07, 6.45) is 0. The summed E-state index contributed by atoms with van der Waals surface area (Å²) >= 11 is 3.11. The first-order valence-corrected chi connectivity index (χ1v) is 4.01. The molecule has 12 heavy (non-hydrogen) atoms. The zero-order valence-electron chi connectivity index (χ0n) is 6.34. The van der Waals surface area contributed by atoms with Crippen molar-refractivity contribution < 1.29 is 9.90 Å². The fourth-order valence-corrected chi connectivity index (χ4v) is 1.19. The number of carbonyl (C=O) groups is 1. The van der Waals surface area contributed by atoms with Crippen molar-refractivity contribution in [3.63, 3.8) is 0 Å². The number of carboxylic acids is 1. The number of carboxylic acid groups (broad SMARTS) is 1. The maximum Gasteiger partial charge on any atom is 0.335 e. The van der Waals surface area contributed by atoms with E-state index in [1.54, 1.807) is 7.05 Å². The summed E-state index contributed by atoms with van der Waals surface area (Å²) in [4.78, 5) is 14.5. The number of hydrogen-bond donors (Lipinski definition) is 2. The van der Waals surface area contributed by atoms with Crippen LogP contribution in [0.4, 0.5) is 5.82 Å². The third-order valence-electron chi connectivity index (χ3n) is 1.30. The molecule has 0 unspecified atom stereocenters. The number of aromatic carboxylic acids is 1. The maximum absolute atomic E-state index is 10.5. The molecule has 0 bridgehead atoms. The van der Waals surface area contributed by atoms with Gasteiger partial charge in [0, 0.05) is 7.05 Å². The number of pyridine rings is 1. The molecule has 0 amide bonds. The Kier molecular flexibility index (Phi) is 2.65. The van der Waals surface area contributed by atoms with Gasteiger partial charge >= 0.3 is 5.97 Å². The van der Waals surface area contributed by atoms with Crippen LogP contribution < -0.4 is 5.32 Å². The number of hydrogen-bond acceptors (Lipinski definition) is 3. The quantitative estimate of drug-likeness (QED) is 0.758. The molecule has 1 rings (SSSR count). The maximum atomic E-state index is 10.5. The Morgan fingerprint density at radius 2 is 2.33 bits per heavy atom. The molecule has 5 heteroatoms. The first-order chi connectivity index (χ1) is 5.63. The van der Waals surface area contributed by atoms with Crippen molar-refractivity contribution in [1.29, 1.82) is 0 Å². The molecule has 0 saturated heterocycles. The summed E-state index contributed by atoms with van der Waals surface area (Å²) in [7, 11) is 1.68. The Labute approximate surface area is 77.8 Å². The van der Waals surface area contributed by atoms with E-state index < -0.39 is 5.97 Å². The highest BCUT2D eigenvalue weighted by Gasteiger charge is 2.05. The highest BCUT2D eigenvalue weighted by atomic mass is 79.9. The van der Waals surface area contributed by atoms with Crippen molar-refractivity contribution in [2.45, 2.75) is 0 Å². The van der Waals surface area contributed by atoms with Gasteiger partial charge in [-0.25, -0.2) is 9.78 Å². The van der Waals surface area contributed by atoms with Crippen LogP contribution >= 0.6 is 15.9 Å². The van der Waals surface area contributed by atoms with Gasteiger partial charge in [-0.05, 0) is 28.1 Å². The molecule has 0 atom stereocenters. The van der Waals surface area contributed by atoms with Crippen LogP contribution in [0.5, 0.6) is 0 Å². The van der Waals surface area contributed by atoms with E-state index in [9.17, 15) is 4.79 Å². The Bertz CT molecular complexity index is 314. The molecule has 0 spiro atoms. The molecule has 1 heterocycles. The number of nitrogens with one attached hydrogen (secondary N) is 1. The standard InChI is InChI=1S/C7H7BrN2O2/c1-9-6-3-4(7(11)12)2-5(8)10-6/h2-3H,1H3,(H,9,10)(H,11,12). The molecule has 1 aromatic heterocycles. The largest absolute Gasteiger partial charge is 0.478 e. The van der Waals surface area contributed by atoms with Gasteiger partial charge in [-0.2, -0.15) is 0 Å². The molecule has 0 aliphatic heterocycles. The SMILES string of the molecule is CNc1cc(C(=O)O)cc(Br)n1. The molecule has 64 valence electrons. The fraction of sp³-hybridized carbons (Fsp3) is 0.143. The van der Waals surface area contributed by atoms with Crippen molar-refractivity contribution in [2.75, 3.05) is 12.4 Å².